The molecule has 4 aromatic carbocycles. The summed E-state index contributed by atoms with van der Waals surface area (Å²) in [6, 6.07) is 25.3. The number of fused-ring (bicyclic) bond motifs is 6. The van der Waals surface area contributed by atoms with Crippen molar-refractivity contribution in [2.75, 3.05) is 0 Å². The Hall–Kier alpha value is -3.52. The maximum absolute atomic E-state index is 6.13. The van der Waals surface area contributed by atoms with Crippen LogP contribution in [0.2, 0.25) is 0 Å². The molecular formula is C26H18O2. The molecule has 0 fully saturated rings. The van der Waals surface area contributed by atoms with Crippen LogP contribution in [0.4, 0.5) is 0 Å². The maximum Gasteiger partial charge on any atom is 0.136 e. The van der Waals surface area contributed by atoms with Gasteiger partial charge in [-0.25, -0.2) is 0 Å². The summed E-state index contributed by atoms with van der Waals surface area (Å²) in [5.41, 5.74) is 8.57. The van der Waals surface area contributed by atoms with E-state index >= 15 is 0 Å². The van der Waals surface area contributed by atoms with Crippen LogP contribution in [0.3, 0.4) is 0 Å². The summed E-state index contributed by atoms with van der Waals surface area (Å²) >= 11 is 0. The first-order valence-corrected chi connectivity index (χ1v) is 9.53. The van der Waals surface area contributed by atoms with E-state index in [4.69, 9.17) is 8.83 Å². The summed E-state index contributed by atoms with van der Waals surface area (Å²) in [6.45, 7) is 4.28. The van der Waals surface area contributed by atoms with Crippen LogP contribution >= 0.6 is 0 Å². The molecule has 2 aromatic heterocycles. The van der Waals surface area contributed by atoms with E-state index in [-0.39, 0.29) is 0 Å². The van der Waals surface area contributed by atoms with Crippen molar-refractivity contribution in [2.45, 2.75) is 13.8 Å². The average molecular weight is 362 g/mol. The lowest BCUT2D eigenvalue weighted by atomic mass is 9.95. The molecule has 0 saturated heterocycles. The van der Waals surface area contributed by atoms with Crippen molar-refractivity contribution in [3.8, 4) is 11.1 Å². The van der Waals surface area contributed by atoms with Crippen LogP contribution in [0, 0.1) is 13.8 Å². The Kier molecular flexibility index (Phi) is 3.05. The van der Waals surface area contributed by atoms with Crippen molar-refractivity contribution in [2.24, 2.45) is 0 Å². The third-order valence-electron chi connectivity index (χ3n) is 5.74. The van der Waals surface area contributed by atoms with E-state index in [2.05, 4.69) is 74.5 Å². The number of furan rings is 2. The Morgan fingerprint density at radius 1 is 0.571 bits per heavy atom. The first-order chi connectivity index (χ1) is 13.7. The van der Waals surface area contributed by atoms with Gasteiger partial charge >= 0.3 is 0 Å². The molecule has 0 amide bonds. The molecule has 0 radical (unpaired) electrons. The number of hydrogen-bond acceptors (Lipinski definition) is 2. The van der Waals surface area contributed by atoms with Gasteiger partial charge in [0.05, 0.1) is 0 Å². The van der Waals surface area contributed by atoms with E-state index in [1.807, 2.05) is 12.1 Å². The van der Waals surface area contributed by atoms with Gasteiger partial charge in [-0.15, -0.1) is 0 Å². The van der Waals surface area contributed by atoms with Crippen molar-refractivity contribution >= 4 is 43.9 Å². The lowest BCUT2D eigenvalue weighted by Gasteiger charge is -2.07. The van der Waals surface area contributed by atoms with Crippen LogP contribution in [-0.4, -0.2) is 0 Å². The highest BCUT2D eigenvalue weighted by atomic mass is 16.3. The number of benzene rings is 4. The van der Waals surface area contributed by atoms with Crippen LogP contribution in [0.15, 0.2) is 81.6 Å². The fourth-order valence-corrected chi connectivity index (χ4v) is 4.36. The van der Waals surface area contributed by atoms with Gasteiger partial charge in [0.15, 0.2) is 0 Å². The van der Waals surface area contributed by atoms with Gasteiger partial charge < -0.3 is 8.83 Å². The van der Waals surface area contributed by atoms with Gasteiger partial charge in [-0.3, -0.25) is 0 Å². The molecule has 0 aliphatic rings. The van der Waals surface area contributed by atoms with Crippen molar-refractivity contribution < 1.29 is 8.83 Å². The molecule has 0 N–H and O–H groups in total. The molecule has 6 rings (SSSR count). The normalized spacial score (nSPS) is 11.9. The highest BCUT2D eigenvalue weighted by Gasteiger charge is 2.14. The average Bonchev–Trinajstić information content (AvgIpc) is 3.26. The van der Waals surface area contributed by atoms with Crippen molar-refractivity contribution in [3.63, 3.8) is 0 Å². The van der Waals surface area contributed by atoms with Crippen molar-refractivity contribution in [1.29, 1.82) is 0 Å². The molecule has 0 aliphatic heterocycles. The van der Waals surface area contributed by atoms with Crippen LogP contribution < -0.4 is 0 Å². The first-order valence-electron chi connectivity index (χ1n) is 9.53. The van der Waals surface area contributed by atoms with Gasteiger partial charge in [-0.1, -0.05) is 42.0 Å². The van der Waals surface area contributed by atoms with Crippen molar-refractivity contribution in [3.05, 3.63) is 83.9 Å². The zero-order valence-electron chi connectivity index (χ0n) is 15.7. The van der Waals surface area contributed by atoms with E-state index in [1.54, 1.807) is 0 Å². The van der Waals surface area contributed by atoms with Crippen LogP contribution in [0.25, 0.3) is 55.0 Å². The number of hydrogen-bond donors (Lipinski definition) is 0. The van der Waals surface area contributed by atoms with Crippen LogP contribution in [0.5, 0.6) is 0 Å². The number of aryl methyl sites for hydroxylation is 2. The minimum absolute atomic E-state index is 0.926. The molecule has 28 heavy (non-hydrogen) atoms. The molecule has 0 saturated carbocycles. The molecule has 0 atom stereocenters. The van der Waals surface area contributed by atoms with Gasteiger partial charge in [-0.2, -0.15) is 0 Å². The van der Waals surface area contributed by atoms with Gasteiger partial charge in [0.1, 0.15) is 22.3 Å². The Labute approximate surface area is 162 Å². The standard InChI is InChI=1S/C26H18O2/c1-15-7-11-23-21(13-15)19-9-8-17(14-25(19)28-23)18-10-12-24-26(16(18)2)20-5-3-4-6-22(20)27-24/h3-14H,1-2H3. The first kappa shape index (κ1) is 15.5. The van der Waals surface area contributed by atoms with Gasteiger partial charge in [-0.05, 0) is 66.9 Å². The lowest BCUT2D eigenvalue weighted by Crippen LogP contribution is -1.84. The second-order valence-corrected chi connectivity index (χ2v) is 7.52. The number of para-hydroxylation sites is 1. The van der Waals surface area contributed by atoms with Crippen LogP contribution in [0.1, 0.15) is 11.1 Å². The second kappa shape index (κ2) is 5.49. The minimum atomic E-state index is 0.926. The van der Waals surface area contributed by atoms with E-state index in [0.29, 0.717) is 0 Å². The molecule has 134 valence electrons. The van der Waals surface area contributed by atoms with Gasteiger partial charge in [0, 0.05) is 21.5 Å². The number of rotatable bonds is 1. The summed E-state index contributed by atoms with van der Waals surface area (Å²) in [4.78, 5) is 0. The zero-order valence-corrected chi connectivity index (χ0v) is 15.7. The largest absolute Gasteiger partial charge is 0.456 e. The molecule has 2 nitrogen and oxygen atoms in total. The van der Waals surface area contributed by atoms with Crippen molar-refractivity contribution in [1.82, 2.24) is 0 Å². The molecule has 2 heterocycles. The fourth-order valence-electron chi connectivity index (χ4n) is 4.36. The van der Waals surface area contributed by atoms with E-state index in [9.17, 15) is 0 Å². The zero-order chi connectivity index (χ0) is 18.8. The van der Waals surface area contributed by atoms with E-state index < -0.39 is 0 Å². The Morgan fingerprint density at radius 3 is 2.29 bits per heavy atom. The quantitative estimate of drug-likeness (QED) is 0.299. The summed E-state index contributed by atoms with van der Waals surface area (Å²) in [7, 11) is 0. The summed E-state index contributed by atoms with van der Waals surface area (Å²) < 4.78 is 12.2. The summed E-state index contributed by atoms with van der Waals surface area (Å²) in [6.07, 6.45) is 0. The predicted octanol–water partition coefficient (Wildman–Crippen LogP) is 7.77. The second-order valence-electron chi connectivity index (χ2n) is 7.52. The molecule has 0 aliphatic carbocycles. The SMILES string of the molecule is Cc1ccc2oc3cc(-c4ccc5oc6ccccc6c5c4C)ccc3c2c1. The highest BCUT2D eigenvalue weighted by molar-refractivity contribution is 6.10. The molecular weight excluding hydrogens is 344 g/mol. The lowest BCUT2D eigenvalue weighted by molar-refractivity contribution is 0.669. The fraction of sp³-hybridized carbons (Fsp3) is 0.0769. The molecule has 6 aromatic rings. The monoisotopic (exact) mass is 362 g/mol. The Bertz CT molecular complexity index is 1530. The minimum Gasteiger partial charge on any atom is -0.456 e. The maximum atomic E-state index is 6.13. The van der Waals surface area contributed by atoms with Gasteiger partial charge in [0.25, 0.3) is 0 Å². The molecule has 0 spiro atoms. The van der Waals surface area contributed by atoms with E-state index in [1.165, 1.54) is 27.5 Å². The smallest absolute Gasteiger partial charge is 0.136 e. The highest BCUT2D eigenvalue weighted by Crippen LogP contribution is 2.38. The van der Waals surface area contributed by atoms with E-state index in [0.717, 1.165) is 38.7 Å². The Morgan fingerprint density at radius 2 is 1.36 bits per heavy atom. The van der Waals surface area contributed by atoms with Gasteiger partial charge in [0.2, 0.25) is 0 Å². The summed E-state index contributed by atoms with van der Waals surface area (Å²) in [5, 5.41) is 4.69. The van der Waals surface area contributed by atoms with Crippen LogP contribution in [-0.2, 0) is 0 Å². The topological polar surface area (TPSA) is 26.3 Å². The third-order valence-corrected chi connectivity index (χ3v) is 5.74. The molecule has 0 bridgehead atoms. The molecule has 0 unspecified atom stereocenters. The summed E-state index contributed by atoms with van der Waals surface area (Å²) in [5.74, 6) is 0. The third kappa shape index (κ3) is 2.09. The Balaban J connectivity index is 1.62. The molecule has 2 heteroatoms. The predicted molar refractivity (Wildman–Crippen MR) is 116 cm³/mol.